The Labute approximate surface area is 194 Å². The zero-order valence-electron chi connectivity index (χ0n) is 17.5. The van der Waals surface area contributed by atoms with Gasteiger partial charge in [0, 0.05) is 0 Å². The lowest BCUT2D eigenvalue weighted by Gasteiger charge is -2.14. The van der Waals surface area contributed by atoms with Crippen molar-refractivity contribution in [3.63, 3.8) is 0 Å². The maximum atomic E-state index is 13.2. The molecule has 0 bridgehead atoms. The van der Waals surface area contributed by atoms with Crippen molar-refractivity contribution >= 4 is 23.4 Å². The molecule has 1 amide bonds. The largest absolute Gasteiger partial charge is 0.496 e. The van der Waals surface area contributed by atoms with Crippen LogP contribution in [-0.2, 0) is 11.0 Å². The van der Waals surface area contributed by atoms with Gasteiger partial charge in [-0.1, -0.05) is 23.9 Å². The molecule has 0 aliphatic carbocycles. The maximum Gasteiger partial charge on any atom is 0.416 e. The number of nitrogens with two attached hydrogens (primary N) is 1. The normalized spacial score (nSPS) is 11.4. The second-order valence-corrected chi connectivity index (χ2v) is 7.73. The predicted molar refractivity (Wildman–Crippen MR) is 118 cm³/mol. The summed E-state index contributed by atoms with van der Waals surface area (Å²) in [7, 11) is 1.51. The van der Waals surface area contributed by atoms with Gasteiger partial charge >= 0.3 is 6.18 Å². The number of methoxy groups -OCH3 is 1. The number of alkyl halides is 3. The monoisotopic (exact) mass is 490 g/mol. The first kappa shape index (κ1) is 23.1. The van der Waals surface area contributed by atoms with Crippen LogP contribution in [0.25, 0.3) is 17.1 Å². The molecular weight excluding hydrogens is 473 g/mol. The van der Waals surface area contributed by atoms with Gasteiger partial charge in [0.15, 0.2) is 5.82 Å². The fraction of sp³-hybridized carbons (Fsp3) is 0.150. The summed E-state index contributed by atoms with van der Waals surface area (Å²) in [6.45, 7) is 0. The number of carbonyl (C=O) groups excluding carboxylic acids is 1. The fourth-order valence-electron chi connectivity index (χ4n) is 3.05. The van der Waals surface area contributed by atoms with Gasteiger partial charge in [0.1, 0.15) is 18.4 Å². The second kappa shape index (κ2) is 9.43. The minimum Gasteiger partial charge on any atom is -0.496 e. The summed E-state index contributed by atoms with van der Waals surface area (Å²) in [5.74, 6) is 6.20. The van der Waals surface area contributed by atoms with E-state index in [1.54, 1.807) is 24.3 Å². The molecule has 0 radical (unpaired) electrons. The zero-order chi connectivity index (χ0) is 24.3. The number of hydrogen-bond acceptors (Lipinski definition) is 8. The molecule has 34 heavy (non-hydrogen) atoms. The molecular formula is C20H17F3N8O2S. The van der Waals surface area contributed by atoms with Crippen molar-refractivity contribution in [1.82, 2.24) is 29.6 Å². The van der Waals surface area contributed by atoms with E-state index in [2.05, 4.69) is 25.6 Å². The van der Waals surface area contributed by atoms with Gasteiger partial charge in [0.2, 0.25) is 11.1 Å². The highest BCUT2D eigenvalue weighted by atomic mass is 32.2. The quantitative estimate of drug-likeness (QED) is 0.299. The van der Waals surface area contributed by atoms with Gasteiger partial charge in [-0.2, -0.15) is 18.3 Å². The first-order valence-electron chi connectivity index (χ1n) is 9.60. The number of nitrogens with zero attached hydrogens (tertiary/aromatic N) is 6. The number of aromatic nitrogens is 6. The molecule has 3 N–H and O–H groups in total. The van der Waals surface area contributed by atoms with Crippen LogP contribution in [-0.4, -0.2) is 48.4 Å². The van der Waals surface area contributed by atoms with Crippen molar-refractivity contribution < 1.29 is 22.7 Å². The molecule has 0 aliphatic rings. The Morgan fingerprint density at radius 2 is 2.00 bits per heavy atom. The van der Waals surface area contributed by atoms with Crippen LogP contribution in [0.1, 0.15) is 5.56 Å². The number of amides is 1. The Hall–Kier alpha value is -4.07. The van der Waals surface area contributed by atoms with Crippen LogP contribution >= 0.6 is 11.8 Å². The van der Waals surface area contributed by atoms with Crippen molar-refractivity contribution in [1.29, 1.82) is 0 Å². The van der Waals surface area contributed by atoms with E-state index < -0.39 is 17.6 Å². The van der Waals surface area contributed by atoms with E-state index in [1.807, 2.05) is 0 Å². The van der Waals surface area contributed by atoms with Crippen molar-refractivity contribution in [2.75, 3.05) is 24.0 Å². The average molecular weight is 490 g/mol. The molecule has 10 nitrogen and oxygen atoms in total. The molecule has 4 rings (SSSR count). The van der Waals surface area contributed by atoms with Crippen LogP contribution in [0.5, 0.6) is 5.75 Å². The SMILES string of the molecule is COc1ccccc1-c1nnc(SCC(=O)Nc2cc(C(F)(F)F)ccc2-n2cncn2)n1N. The molecule has 14 heteroatoms. The Kier molecular flexibility index (Phi) is 6.40. The van der Waals surface area contributed by atoms with E-state index in [1.165, 1.54) is 35.2 Å². The Balaban J connectivity index is 1.51. The van der Waals surface area contributed by atoms with Crippen LogP contribution in [0, 0.1) is 0 Å². The number of thioether (sulfide) groups is 1. The van der Waals surface area contributed by atoms with E-state index in [0.29, 0.717) is 17.1 Å². The summed E-state index contributed by atoms with van der Waals surface area (Å²) in [5, 5.41) is 14.7. The summed E-state index contributed by atoms with van der Waals surface area (Å²) in [6.07, 6.45) is -2.05. The highest BCUT2D eigenvalue weighted by Gasteiger charge is 2.31. The molecule has 2 aromatic carbocycles. The number of nitrogens with one attached hydrogen (secondary N) is 1. The topological polar surface area (TPSA) is 126 Å². The van der Waals surface area contributed by atoms with Crippen LogP contribution in [0.2, 0.25) is 0 Å². The Morgan fingerprint density at radius 3 is 2.71 bits per heavy atom. The second-order valence-electron chi connectivity index (χ2n) is 6.78. The molecule has 0 aliphatic heterocycles. The van der Waals surface area contributed by atoms with Crippen LogP contribution in [0.3, 0.4) is 0 Å². The maximum absolute atomic E-state index is 13.2. The number of benzene rings is 2. The van der Waals surface area contributed by atoms with Gasteiger partial charge in [-0.05, 0) is 30.3 Å². The molecule has 4 aromatic rings. The number of ether oxygens (including phenoxy) is 1. The summed E-state index contributed by atoms with van der Waals surface area (Å²) >= 11 is 0.971. The zero-order valence-corrected chi connectivity index (χ0v) is 18.3. The highest BCUT2D eigenvalue weighted by molar-refractivity contribution is 7.99. The number of halogens is 3. The third kappa shape index (κ3) is 4.80. The first-order chi connectivity index (χ1) is 16.3. The minimum absolute atomic E-state index is 0.0742. The van der Waals surface area contributed by atoms with Crippen molar-refractivity contribution in [2.45, 2.75) is 11.3 Å². The van der Waals surface area contributed by atoms with E-state index in [9.17, 15) is 18.0 Å². The Morgan fingerprint density at radius 1 is 1.21 bits per heavy atom. The third-order valence-electron chi connectivity index (χ3n) is 4.61. The lowest BCUT2D eigenvalue weighted by atomic mass is 10.1. The van der Waals surface area contributed by atoms with Gasteiger partial charge < -0.3 is 15.9 Å². The average Bonchev–Trinajstić information content (AvgIpc) is 3.47. The molecule has 0 unspecified atom stereocenters. The van der Waals surface area contributed by atoms with Crippen molar-refractivity contribution in [3.05, 3.63) is 60.7 Å². The lowest BCUT2D eigenvalue weighted by Crippen LogP contribution is -2.18. The first-order valence-corrected chi connectivity index (χ1v) is 10.6. The molecule has 0 saturated carbocycles. The smallest absolute Gasteiger partial charge is 0.416 e. The number of hydrogen-bond donors (Lipinski definition) is 2. The number of carbonyl (C=O) groups is 1. The minimum atomic E-state index is -4.58. The van der Waals surface area contributed by atoms with Crippen molar-refractivity contribution in [2.24, 2.45) is 0 Å². The summed E-state index contributed by atoms with van der Waals surface area (Å²) in [4.78, 5) is 16.4. The fourth-order valence-corrected chi connectivity index (χ4v) is 3.71. The Bertz CT molecular complexity index is 1310. The molecule has 0 fully saturated rings. The summed E-state index contributed by atoms with van der Waals surface area (Å²) in [6, 6.07) is 10.0. The van der Waals surface area contributed by atoms with E-state index >= 15 is 0 Å². The molecule has 2 heterocycles. The molecule has 2 aromatic heterocycles. The van der Waals surface area contributed by atoms with E-state index in [4.69, 9.17) is 10.6 Å². The van der Waals surface area contributed by atoms with Crippen LogP contribution in [0.15, 0.2) is 60.3 Å². The lowest BCUT2D eigenvalue weighted by molar-refractivity contribution is -0.137. The van der Waals surface area contributed by atoms with Crippen LogP contribution < -0.4 is 15.9 Å². The number of para-hydroxylation sites is 1. The van der Waals surface area contributed by atoms with Gasteiger partial charge in [0.25, 0.3) is 0 Å². The van der Waals surface area contributed by atoms with Gasteiger partial charge in [0.05, 0.1) is 35.4 Å². The number of rotatable bonds is 7. The number of nitrogen functional groups attached to an aromatic ring is 1. The van der Waals surface area contributed by atoms with Gasteiger partial charge in [-0.25, -0.2) is 14.3 Å². The predicted octanol–water partition coefficient (Wildman–Crippen LogP) is 3.00. The van der Waals surface area contributed by atoms with Gasteiger partial charge in [-0.3, -0.25) is 4.79 Å². The standard InChI is InChI=1S/C20H17F3N8O2S/c1-33-16-5-3-2-4-13(16)18-28-29-19(31(18)24)34-9-17(32)27-14-8-12(20(21,22)23)6-7-15(14)30-11-25-10-26-30/h2-8,10-11H,9,24H2,1H3,(H,27,32). The molecule has 0 atom stereocenters. The molecule has 176 valence electrons. The van der Waals surface area contributed by atoms with E-state index in [0.717, 1.165) is 23.9 Å². The van der Waals surface area contributed by atoms with E-state index in [-0.39, 0.29) is 22.3 Å². The number of anilines is 1. The highest BCUT2D eigenvalue weighted by Crippen LogP contribution is 2.33. The third-order valence-corrected chi connectivity index (χ3v) is 5.55. The van der Waals surface area contributed by atoms with Crippen LogP contribution in [0.4, 0.5) is 18.9 Å². The molecule has 0 spiro atoms. The molecule has 0 saturated heterocycles. The summed E-state index contributed by atoms with van der Waals surface area (Å²) < 4.78 is 47.4. The van der Waals surface area contributed by atoms with Gasteiger partial charge in [-0.15, -0.1) is 10.2 Å². The summed E-state index contributed by atoms with van der Waals surface area (Å²) in [5.41, 5.74) is -0.153. The van der Waals surface area contributed by atoms with Crippen molar-refractivity contribution in [3.8, 4) is 22.8 Å².